The Morgan fingerprint density at radius 2 is 2.05 bits per heavy atom. The van der Waals surface area contributed by atoms with Gasteiger partial charge in [0.1, 0.15) is 5.82 Å². The molecule has 1 N–H and O–H groups in total. The minimum atomic E-state index is -0.369. The Morgan fingerprint density at radius 3 is 2.76 bits per heavy atom. The highest BCUT2D eigenvalue weighted by atomic mass is 19.1. The highest BCUT2D eigenvalue weighted by molar-refractivity contribution is 5.69. The third-order valence-corrected chi connectivity index (χ3v) is 3.76. The standard InChI is InChI=1S/C18H17FN2/c1-12-2-3-14(11-21-17-4-5-17)18(6-12)15-7-13(10-20)8-16(19)9-15/h2-3,6-9,17,21H,4-5,11H2,1H3. The number of nitrogens with one attached hydrogen (secondary N) is 1. The summed E-state index contributed by atoms with van der Waals surface area (Å²) in [6.07, 6.45) is 2.47. The molecule has 2 aromatic rings. The van der Waals surface area contributed by atoms with E-state index in [1.54, 1.807) is 6.07 Å². The molecule has 0 aliphatic heterocycles. The molecule has 1 aliphatic rings. The Bertz CT molecular complexity index is 712. The van der Waals surface area contributed by atoms with E-state index in [0.29, 0.717) is 11.6 Å². The Morgan fingerprint density at radius 1 is 1.24 bits per heavy atom. The van der Waals surface area contributed by atoms with Gasteiger partial charge < -0.3 is 5.32 Å². The van der Waals surface area contributed by atoms with Crippen LogP contribution in [0.2, 0.25) is 0 Å². The molecule has 0 saturated heterocycles. The van der Waals surface area contributed by atoms with Crippen molar-refractivity contribution in [3.05, 3.63) is 58.9 Å². The van der Waals surface area contributed by atoms with Gasteiger partial charge in [0, 0.05) is 12.6 Å². The number of rotatable bonds is 4. The summed E-state index contributed by atoms with van der Waals surface area (Å²) in [5.74, 6) is -0.369. The van der Waals surface area contributed by atoms with Gasteiger partial charge in [-0.15, -0.1) is 0 Å². The number of benzene rings is 2. The number of aryl methyl sites for hydroxylation is 1. The van der Waals surface area contributed by atoms with E-state index in [1.165, 1.54) is 25.0 Å². The van der Waals surface area contributed by atoms with E-state index in [-0.39, 0.29) is 5.82 Å². The van der Waals surface area contributed by atoms with Gasteiger partial charge in [0.25, 0.3) is 0 Å². The van der Waals surface area contributed by atoms with Crippen LogP contribution in [0.3, 0.4) is 0 Å². The topological polar surface area (TPSA) is 35.8 Å². The van der Waals surface area contributed by atoms with Crippen molar-refractivity contribution in [3.63, 3.8) is 0 Å². The molecule has 21 heavy (non-hydrogen) atoms. The molecule has 0 aromatic heterocycles. The van der Waals surface area contributed by atoms with Gasteiger partial charge in [0.05, 0.1) is 11.6 Å². The highest BCUT2D eigenvalue weighted by Gasteiger charge is 2.20. The third-order valence-electron chi connectivity index (χ3n) is 3.76. The average molecular weight is 280 g/mol. The molecule has 0 heterocycles. The van der Waals surface area contributed by atoms with Crippen LogP contribution in [0, 0.1) is 24.1 Å². The van der Waals surface area contributed by atoms with Crippen molar-refractivity contribution < 1.29 is 4.39 Å². The fourth-order valence-electron chi connectivity index (χ4n) is 2.46. The SMILES string of the molecule is Cc1ccc(CNC2CC2)c(-c2cc(F)cc(C#N)c2)c1. The summed E-state index contributed by atoms with van der Waals surface area (Å²) in [7, 11) is 0. The van der Waals surface area contributed by atoms with Crippen molar-refractivity contribution in [3.8, 4) is 17.2 Å². The third kappa shape index (κ3) is 3.29. The summed E-state index contributed by atoms with van der Waals surface area (Å²) >= 11 is 0. The van der Waals surface area contributed by atoms with Crippen molar-refractivity contribution in [2.24, 2.45) is 0 Å². The van der Waals surface area contributed by atoms with Crippen molar-refractivity contribution >= 4 is 0 Å². The maximum atomic E-state index is 13.7. The highest BCUT2D eigenvalue weighted by Crippen LogP contribution is 2.28. The number of hydrogen-bond acceptors (Lipinski definition) is 2. The fourth-order valence-corrected chi connectivity index (χ4v) is 2.46. The van der Waals surface area contributed by atoms with E-state index in [2.05, 4.69) is 23.5 Å². The number of nitriles is 1. The van der Waals surface area contributed by atoms with Gasteiger partial charge in [0.2, 0.25) is 0 Å². The predicted octanol–water partition coefficient (Wildman–Crippen LogP) is 3.92. The second-order valence-electron chi connectivity index (χ2n) is 5.66. The van der Waals surface area contributed by atoms with Crippen LogP contribution in [0.4, 0.5) is 4.39 Å². The maximum absolute atomic E-state index is 13.7. The van der Waals surface area contributed by atoms with Crippen molar-refractivity contribution in [2.75, 3.05) is 0 Å². The second-order valence-corrected chi connectivity index (χ2v) is 5.66. The van der Waals surface area contributed by atoms with E-state index in [9.17, 15) is 4.39 Å². The summed E-state index contributed by atoms with van der Waals surface area (Å²) in [5.41, 5.74) is 4.39. The van der Waals surface area contributed by atoms with Crippen LogP contribution >= 0.6 is 0 Å². The average Bonchev–Trinajstić information content (AvgIpc) is 3.29. The zero-order valence-corrected chi connectivity index (χ0v) is 12.0. The largest absolute Gasteiger partial charge is 0.310 e. The summed E-state index contributed by atoms with van der Waals surface area (Å²) in [6, 6.07) is 13.4. The quantitative estimate of drug-likeness (QED) is 0.921. The first-order chi connectivity index (χ1) is 10.2. The molecular weight excluding hydrogens is 263 g/mol. The Balaban J connectivity index is 2.00. The normalized spacial score (nSPS) is 14.0. The zero-order chi connectivity index (χ0) is 14.8. The van der Waals surface area contributed by atoms with Crippen molar-refractivity contribution in [2.45, 2.75) is 32.4 Å². The molecule has 0 spiro atoms. The van der Waals surface area contributed by atoms with Crippen LogP contribution in [0.15, 0.2) is 36.4 Å². The first kappa shape index (κ1) is 13.8. The first-order valence-corrected chi connectivity index (χ1v) is 7.19. The van der Waals surface area contributed by atoms with Crippen LogP contribution in [0.1, 0.15) is 29.5 Å². The van der Waals surface area contributed by atoms with Crippen LogP contribution in [-0.4, -0.2) is 6.04 Å². The number of halogens is 1. The van der Waals surface area contributed by atoms with Gasteiger partial charge in [-0.05, 0) is 54.7 Å². The van der Waals surface area contributed by atoms with Crippen molar-refractivity contribution in [1.29, 1.82) is 5.26 Å². The molecule has 3 heteroatoms. The molecule has 3 rings (SSSR count). The molecule has 0 bridgehead atoms. The lowest BCUT2D eigenvalue weighted by Gasteiger charge is -2.12. The Kier molecular flexibility index (Phi) is 3.72. The zero-order valence-electron chi connectivity index (χ0n) is 12.0. The van der Waals surface area contributed by atoms with Crippen molar-refractivity contribution in [1.82, 2.24) is 5.32 Å². The minimum Gasteiger partial charge on any atom is -0.310 e. The molecule has 0 atom stereocenters. The Labute approximate surface area is 124 Å². The predicted molar refractivity (Wildman–Crippen MR) is 81.1 cm³/mol. The van der Waals surface area contributed by atoms with E-state index >= 15 is 0 Å². The maximum Gasteiger partial charge on any atom is 0.125 e. The lowest BCUT2D eigenvalue weighted by molar-refractivity contribution is 0.627. The van der Waals surface area contributed by atoms with Crippen LogP contribution in [-0.2, 0) is 6.54 Å². The molecule has 1 fully saturated rings. The molecule has 1 aliphatic carbocycles. The van der Waals surface area contributed by atoms with Gasteiger partial charge in [-0.25, -0.2) is 4.39 Å². The summed E-state index contributed by atoms with van der Waals surface area (Å²) in [6.45, 7) is 2.80. The monoisotopic (exact) mass is 280 g/mol. The van der Waals surface area contributed by atoms with Crippen LogP contribution < -0.4 is 5.32 Å². The molecular formula is C18H17FN2. The molecule has 0 radical (unpaired) electrons. The summed E-state index contributed by atoms with van der Waals surface area (Å²) in [5, 5.41) is 12.5. The lowest BCUT2D eigenvalue weighted by atomic mass is 9.96. The summed E-state index contributed by atoms with van der Waals surface area (Å²) < 4.78 is 13.7. The van der Waals surface area contributed by atoms with Gasteiger partial charge in [-0.2, -0.15) is 5.26 Å². The molecule has 1 saturated carbocycles. The van der Waals surface area contributed by atoms with Gasteiger partial charge >= 0.3 is 0 Å². The molecule has 0 unspecified atom stereocenters. The van der Waals surface area contributed by atoms with Gasteiger partial charge in [-0.1, -0.05) is 23.8 Å². The van der Waals surface area contributed by atoms with Gasteiger partial charge in [0.15, 0.2) is 0 Å². The Hall–Kier alpha value is -2.18. The van der Waals surface area contributed by atoms with E-state index in [4.69, 9.17) is 5.26 Å². The lowest BCUT2D eigenvalue weighted by Crippen LogP contribution is -2.15. The van der Waals surface area contributed by atoms with Crippen LogP contribution in [0.25, 0.3) is 11.1 Å². The smallest absolute Gasteiger partial charge is 0.125 e. The summed E-state index contributed by atoms with van der Waals surface area (Å²) in [4.78, 5) is 0. The van der Waals surface area contributed by atoms with Gasteiger partial charge in [-0.3, -0.25) is 0 Å². The molecule has 2 aromatic carbocycles. The molecule has 106 valence electrons. The van der Waals surface area contributed by atoms with E-state index in [0.717, 1.165) is 28.8 Å². The van der Waals surface area contributed by atoms with E-state index in [1.807, 2.05) is 13.0 Å². The number of nitrogens with zero attached hydrogens (tertiary/aromatic N) is 1. The molecule has 2 nitrogen and oxygen atoms in total. The molecule has 0 amide bonds. The minimum absolute atomic E-state index is 0.354. The van der Waals surface area contributed by atoms with E-state index < -0.39 is 0 Å². The van der Waals surface area contributed by atoms with Crippen LogP contribution in [0.5, 0.6) is 0 Å². The first-order valence-electron chi connectivity index (χ1n) is 7.19. The fraction of sp³-hybridized carbons (Fsp3) is 0.278. The second kappa shape index (κ2) is 5.67. The number of hydrogen-bond donors (Lipinski definition) is 1.